The number of halogens is 5. The van der Waals surface area contributed by atoms with E-state index >= 15 is 0 Å². The van der Waals surface area contributed by atoms with Crippen LogP contribution in [0.15, 0.2) is 15.9 Å². The van der Waals surface area contributed by atoms with Crippen molar-refractivity contribution in [1.82, 2.24) is 0 Å². The molecule has 0 aliphatic rings. The van der Waals surface area contributed by atoms with Crippen LogP contribution in [0.1, 0.15) is 22.5 Å². The first-order chi connectivity index (χ1) is 6.40. The number of rotatable bonds is 3. The molecule has 0 radical (unpaired) electrons. The van der Waals surface area contributed by atoms with E-state index in [4.69, 9.17) is 0 Å². The first kappa shape index (κ1) is 12.5. The fraction of sp³-hybridized carbons (Fsp3) is 0.500. The molecule has 0 bridgehead atoms. The van der Waals surface area contributed by atoms with Crippen molar-refractivity contribution in [2.75, 3.05) is 0 Å². The molecule has 1 aromatic rings. The lowest BCUT2D eigenvalue weighted by Gasteiger charge is -2.10. The zero-order valence-electron chi connectivity index (χ0n) is 6.94. The van der Waals surface area contributed by atoms with Gasteiger partial charge in [-0.3, -0.25) is 0 Å². The predicted octanol–water partition coefficient (Wildman–Crippen LogP) is 5.29. The molecule has 0 amide bonds. The van der Waals surface area contributed by atoms with Crippen LogP contribution in [0.2, 0.25) is 0 Å². The van der Waals surface area contributed by atoms with E-state index in [-0.39, 0.29) is 11.2 Å². The molecule has 0 saturated carbocycles. The Morgan fingerprint density at radius 2 is 2.07 bits per heavy atom. The quantitative estimate of drug-likeness (QED) is 0.649. The Morgan fingerprint density at radius 3 is 2.50 bits per heavy atom. The summed E-state index contributed by atoms with van der Waals surface area (Å²) in [5.74, 6) is 0. The third-order valence-electron chi connectivity index (χ3n) is 1.61. The van der Waals surface area contributed by atoms with E-state index in [1.807, 2.05) is 11.4 Å². The van der Waals surface area contributed by atoms with Crippen molar-refractivity contribution in [2.24, 2.45) is 0 Å². The first-order valence-electron chi connectivity index (χ1n) is 3.84. The Labute approximate surface area is 101 Å². The minimum atomic E-state index is -4.07. The van der Waals surface area contributed by atoms with Gasteiger partial charge in [-0.15, -0.1) is 11.3 Å². The smallest absolute Gasteiger partial charge is 0.171 e. The molecule has 0 aromatic carbocycles. The van der Waals surface area contributed by atoms with Crippen LogP contribution < -0.4 is 0 Å². The summed E-state index contributed by atoms with van der Waals surface area (Å²) in [5.41, 5.74) is 0. The minimum Gasteiger partial charge on any atom is -0.171 e. The highest BCUT2D eigenvalue weighted by Gasteiger charge is 2.28. The Morgan fingerprint density at radius 1 is 1.43 bits per heavy atom. The minimum absolute atomic E-state index is 0.0720. The van der Waals surface area contributed by atoms with Crippen LogP contribution in [0.3, 0.4) is 0 Å². The summed E-state index contributed by atoms with van der Waals surface area (Å²) in [7, 11) is 0. The lowest BCUT2D eigenvalue weighted by molar-refractivity contribution is -0.135. The highest BCUT2D eigenvalue weighted by molar-refractivity contribution is 9.11. The first-order valence-corrected chi connectivity index (χ1v) is 6.42. The van der Waals surface area contributed by atoms with E-state index in [2.05, 4.69) is 31.9 Å². The monoisotopic (exact) mass is 350 g/mol. The zero-order chi connectivity index (χ0) is 10.8. The number of hydrogen-bond acceptors (Lipinski definition) is 1. The predicted molar refractivity (Wildman–Crippen MR) is 59.0 cm³/mol. The molecule has 1 aromatic heterocycles. The van der Waals surface area contributed by atoms with Crippen molar-refractivity contribution < 1.29 is 13.2 Å². The van der Waals surface area contributed by atoms with Crippen molar-refractivity contribution in [3.05, 3.63) is 20.8 Å². The van der Waals surface area contributed by atoms with Crippen molar-refractivity contribution in [2.45, 2.75) is 23.8 Å². The van der Waals surface area contributed by atoms with Gasteiger partial charge in [0.1, 0.15) is 0 Å². The van der Waals surface area contributed by atoms with Gasteiger partial charge in [0.2, 0.25) is 0 Å². The van der Waals surface area contributed by atoms with E-state index in [1.165, 1.54) is 11.3 Å². The Kier molecular flexibility index (Phi) is 4.46. The van der Waals surface area contributed by atoms with Crippen molar-refractivity contribution >= 4 is 43.2 Å². The summed E-state index contributed by atoms with van der Waals surface area (Å²) in [4.78, 5) is 0.688. The summed E-state index contributed by atoms with van der Waals surface area (Å²) in [6.07, 6.45) is -4.76. The third kappa shape index (κ3) is 3.90. The highest BCUT2D eigenvalue weighted by Crippen LogP contribution is 2.39. The lowest BCUT2D eigenvalue weighted by Crippen LogP contribution is -2.07. The fourth-order valence-corrected chi connectivity index (χ4v) is 3.72. The molecule has 80 valence electrons. The maximum absolute atomic E-state index is 11.9. The molecule has 1 atom stereocenters. The van der Waals surface area contributed by atoms with Crippen LogP contribution in [0.5, 0.6) is 0 Å². The van der Waals surface area contributed by atoms with Gasteiger partial charge in [0.05, 0.1) is 4.83 Å². The molecule has 1 rings (SSSR count). The van der Waals surface area contributed by atoms with Gasteiger partial charge in [-0.25, -0.2) is 0 Å². The number of alkyl halides is 4. The van der Waals surface area contributed by atoms with Gasteiger partial charge in [-0.2, -0.15) is 13.2 Å². The average molecular weight is 352 g/mol. The molecule has 0 spiro atoms. The SMILES string of the molecule is FC(F)(F)CCC(Br)c1sccc1Br. The van der Waals surface area contributed by atoms with Crippen LogP contribution in [0.4, 0.5) is 13.2 Å². The van der Waals surface area contributed by atoms with Crippen molar-refractivity contribution in [1.29, 1.82) is 0 Å². The second-order valence-corrected chi connectivity index (χ2v) is 5.66. The van der Waals surface area contributed by atoms with Crippen LogP contribution >= 0.6 is 43.2 Å². The number of thiophene rings is 1. The maximum Gasteiger partial charge on any atom is 0.389 e. The van der Waals surface area contributed by atoms with E-state index in [0.717, 1.165) is 9.35 Å². The lowest BCUT2D eigenvalue weighted by atomic mass is 10.2. The van der Waals surface area contributed by atoms with Gasteiger partial charge >= 0.3 is 6.18 Å². The highest BCUT2D eigenvalue weighted by atomic mass is 79.9. The molecule has 0 fully saturated rings. The molecule has 1 unspecified atom stereocenters. The van der Waals surface area contributed by atoms with Crippen molar-refractivity contribution in [3.8, 4) is 0 Å². The molecular weight excluding hydrogens is 345 g/mol. The van der Waals surface area contributed by atoms with Crippen LogP contribution in [-0.4, -0.2) is 6.18 Å². The second-order valence-electron chi connectivity index (χ2n) is 2.75. The topological polar surface area (TPSA) is 0 Å². The van der Waals surface area contributed by atoms with Gasteiger partial charge < -0.3 is 0 Å². The Hall–Kier alpha value is 0.450. The molecule has 0 saturated heterocycles. The maximum atomic E-state index is 11.9. The molecule has 0 aliphatic heterocycles. The molecule has 14 heavy (non-hydrogen) atoms. The van der Waals surface area contributed by atoms with Crippen LogP contribution in [-0.2, 0) is 0 Å². The van der Waals surface area contributed by atoms with Gasteiger partial charge in [-0.1, -0.05) is 15.9 Å². The molecule has 0 nitrogen and oxygen atoms in total. The summed E-state index contributed by atoms with van der Waals surface area (Å²) < 4.78 is 36.7. The largest absolute Gasteiger partial charge is 0.389 e. The van der Waals surface area contributed by atoms with Crippen LogP contribution in [0.25, 0.3) is 0 Å². The van der Waals surface area contributed by atoms with Gasteiger partial charge in [0, 0.05) is 15.8 Å². The molecule has 0 aliphatic carbocycles. The summed E-state index contributed by atoms with van der Waals surface area (Å²) in [6.45, 7) is 0. The van der Waals surface area contributed by atoms with Gasteiger partial charge in [-0.05, 0) is 33.8 Å². The van der Waals surface area contributed by atoms with E-state index in [9.17, 15) is 13.2 Å². The standard InChI is InChI=1S/C8H7Br2F3S/c9-5(1-3-8(11,12)13)7-6(10)2-4-14-7/h2,4-5H,1,3H2. The summed E-state index contributed by atoms with van der Waals surface area (Å²) in [6, 6.07) is 1.84. The normalized spacial score (nSPS) is 14.4. The molecule has 1 heterocycles. The zero-order valence-corrected chi connectivity index (χ0v) is 10.9. The fourth-order valence-electron chi connectivity index (χ4n) is 0.950. The number of hydrogen-bond donors (Lipinski definition) is 0. The third-order valence-corrected chi connectivity index (χ3v) is 4.81. The van der Waals surface area contributed by atoms with E-state index < -0.39 is 12.6 Å². The van der Waals surface area contributed by atoms with E-state index in [0.29, 0.717) is 0 Å². The summed E-state index contributed by atoms with van der Waals surface area (Å²) >= 11 is 7.98. The van der Waals surface area contributed by atoms with Crippen LogP contribution in [0, 0.1) is 0 Å². The van der Waals surface area contributed by atoms with Gasteiger partial charge in [0.15, 0.2) is 0 Å². The molecule has 0 N–H and O–H groups in total. The molecular formula is C8H7Br2F3S. The Balaban J connectivity index is 2.51. The van der Waals surface area contributed by atoms with Gasteiger partial charge in [0.25, 0.3) is 0 Å². The van der Waals surface area contributed by atoms with E-state index in [1.54, 1.807) is 0 Å². The molecule has 6 heteroatoms. The average Bonchev–Trinajstić information content (AvgIpc) is 2.46. The Bertz CT molecular complexity index is 295. The summed E-state index contributed by atoms with van der Waals surface area (Å²) in [5, 5.41) is 1.85. The second kappa shape index (κ2) is 4.99. The van der Waals surface area contributed by atoms with Crippen molar-refractivity contribution in [3.63, 3.8) is 0 Å².